The van der Waals surface area contributed by atoms with Crippen LogP contribution in [-0.2, 0) is 25.6 Å². The first kappa shape index (κ1) is 29.4. The van der Waals surface area contributed by atoms with E-state index in [9.17, 15) is 24.3 Å². The van der Waals surface area contributed by atoms with Gasteiger partial charge in [-0.3, -0.25) is 19.2 Å². The van der Waals surface area contributed by atoms with E-state index < -0.39 is 48.2 Å². The maximum Gasteiger partial charge on any atom is 0.251 e. The molecular weight excluding hydrogens is 498 g/mol. The zero-order valence-corrected chi connectivity index (χ0v) is 22.3. The Balaban J connectivity index is 1.77. The monoisotopic (exact) mass is 535 g/mol. The number of rotatable bonds is 14. The third kappa shape index (κ3) is 8.41. The van der Waals surface area contributed by atoms with Gasteiger partial charge in [0.1, 0.15) is 12.5 Å². The van der Waals surface area contributed by atoms with Crippen molar-refractivity contribution in [3.05, 3.63) is 71.9 Å². The highest BCUT2D eigenvalue weighted by Crippen LogP contribution is 2.20. The predicted molar refractivity (Wildman–Crippen MR) is 148 cm³/mol. The van der Waals surface area contributed by atoms with Crippen LogP contribution >= 0.6 is 0 Å². The van der Waals surface area contributed by atoms with Crippen LogP contribution in [0.1, 0.15) is 56.7 Å². The Kier molecular flexibility index (Phi) is 10.6. The van der Waals surface area contributed by atoms with Gasteiger partial charge in [-0.2, -0.15) is 0 Å². The number of fused-ring (bicyclic) bond motifs is 1. The number of nitrogens with two attached hydrogens (primary N) is 1. The number of unbranched alkanes of at least 4 members (excludes halogenated alkanes) is 1. The fourth-order valence-corrected chi connectivity index (χ4v) is 4.46. The molecular formula is C29H37N5O5. The highest BCUT2D eigenvalue weighted by atomic mass is 16.3. The molecule has 10 nitrogen and oxygen atoms in total. The van der Waals surface area contributed by atoms with Gasteiger partial charge in [-0.25, -0.2) is 0 Å². The number of primary amides is 1. The minimum absolute atomic E-state index is 0.119. The van der Waals surface area contributed by atoms with Gasteiger partial charge < -0.3 is 31.8 Å². The molecule has 0 unspecified atom stereocenters. The van der Waals surface area contributed by atoms with Gasteiger partial charge >= 0.3 is 0 Å². The average molecular weight is 536 g/mol. The third-order valence-electron chi connectivity index (χ3n) is 6.59. The molecule has 3 aromatic rings. The molecule has 0 bridgehead atoms. The average Bonchev–Trinajstić information content (AvgIpc) is 3.32. The standard InChI is InChI=1S/C29H37N5O5/c1-3-4-13-23(27(37)29(39)32-18(2)19-10-6-5-7-11-19)34-28(38)24(33-26(36)16-25(30)35)15-20-17-31-22-14-9-8-12-21(20)22/h5-12,14,17-18,23-24,27,31,37H,3-4,13,15-16H2,1-2H3,(H2,30,35)(H,32,39)(H,33,36)(H,34,38)/t18-,23+,24+,27+/m1/s1. The van der Waals surface area contributed by atoms with E-state index in [-0.39, 0.29) is 12.5 Å². The molecule has 208 valence electrons. The number of aliphatic hydroxyl groups excluding tert-OH is 1. The smallest absolute Gasteiger partial charge is 0.251 e. The first-order valence-electron chi connectivity index (χ1n) is 13.2. The molecule has 0 radical (unpaired) electrons. The van der Waals surface area contributed by atoms with E-state index in [1.165, 1.54) is 0 Å². The molecule has 0 aliphatic rings. The van der Waals surface area contributed by atoms with Crippen molar-refractivity contribution in [2.45, 2.75) is 70.2 Å². The molecule has 3 rings (SSSR count). The lowest BCUT2D eigenvalue weighted by Crippen LogP contribution is -2.56. The van der Waals surface area contributed by atoms with Crippen LogP contribution in [0.4, 0.5) is 0 Å². The Morgan fingerprint density at radius 3 is 2.33 bits per heavy atom. The van der Waals surface area contributed by atoms with E-state index in [2.05, 4.69) is 20.9 Å². The summed E-state index contributed by atoms with van der Waals surface area (Å²) in [5, 5.41) is 20.0. The Bertz CT molecular complexity index is 1280. The van der Waals surface area contributed by atoms with Crippen LogP contribution in [-0.4, -0.2) is 51.9 Å². The summed E-state index contributed by atoms with van der Waals surface area (Å²) in [6, 6.07) is 14.6. The fraction of sp³-hybridized carbons (Fsp3) is 0.379. The second kappa shape index (κ2) is 14.1. The number of para-hydroxylation sites is 1. The predicted octanol–water partition coefficient (Wildman–Crippen LogP) is 1.98. The SMILES string of the molecule is CCCC[C@H](NC(=O)[C@H](Cc1c[nH]c2ccccc12)NC(=O)CC(N)=O)[C@H](O)C(=O)N[C@H](C)c1ccccc1. The van der Waals surface area contributed by atoms with Crippen LogP contribution in [0.3, 0.4) is 0 Å². The van der Waals surface area contributed by atoms with Crippen molar-refractivity contribution in [2.75, 3.05) is 0 Å². The summed E-state index contributed by atoms with van der Waals surface area (Å²) in [6.45, 7) is 3.78. The van der Waals surface area contributed by atoms with Crippen molar-refractivity contribution in [1.29, 1.82) is 0 Å². The lowest BCUT2D eigenvalue weighted by molar-refractivity contribution is -0.135. The van der Waals surface area contributed by atoms with Gasteiger partial charge in [0, 0.05) is 23.5 Å². The number of hydrogen-bond acceptors (Lipinski definition) is 5. The van der Waals surface area contributed by atoms with Gasteiger partial charge in [-0.1, -0.05) is 68.3 Å². The minimum atomic E-state index is -1.51. The second-order valence-corrected chi connectivity index (χ2v) is 9.67. The van der Waals surface area contributed by atoms with Crippen molar-refractivity contribution >= 4 is 34.5 Å². The van der Waals surface area contributed by atoms with Crippen LogP contribution in [0.15, 0.2) is 60.8 Å². The topological polar surface area (TPSA) is 166 Å². The number of nitrogens with one attached hydrogen (secondary N) is 4. The summed E-state index contributed by atoms with van der Waals surface area (Å²) in [5.41, 5.74) is 7.69. The second-order valence-electron chi connectivity index (χ2n) is 9.67. The summed E-state index contributed by atoms with van der Waals surface area (Å²) >= 11 is 0. The van der Waals surface area contributed by atoms with Crippen LogP contribution < -0.4 is 21.7 Å². The Hall–Kier alpha value is -4.18. The van der Waals surface area contributed by atoms with Crippen molar-refractivity contribution in [1.82, 2.24) is 20.9 Å². The molecule has 0 saturated carbocycles. The molecule has 1 aromatic heterocycles. The summed E-state index contributed by atoms with van der Waals surface area (Å²) in [6.07, 6.45) is 1.59. The third-order valence-corrected chi connectivity index (χ3v) is 6.59. The molecule has 39 heavy (non-hydrogen) atoms. The van der Waals surface area contributed by atoms with E-state index >= 15 is 0 Å². The van der Waals surface area contributed by atoms with Crippen molar-refractivity contribution in [3.8, 4) is 0 Å². The van der Waals surface area contributed by atoms with Crippen LogP contribution in [0.2, 0.25) is 0 Å². The van der Waals surface area contributed by atoms with E-state index in [1.807, 2.05) is 68.4 Å². The Morgan fingerprint density at radius 1 is 0.949 bits per heavy atom. The zero-order valence-electron chi connectivity index (χ0n) is 22.3. The summed E-state index contributed by atoms with van der Waals surface area (Å²) in [5.74, 6) is -2.71. The van der Waals surface area contributed by atoms with E-state index in [0.29, 0.717) is 12.8 Å². The highest BCUT2D eigenvalue weighted by Gasteiger charge is 2.31. The minimum Gasteiger partial charge on any atom is -0.381 e. The number of aromatic amines is 1. The highest BCUT2D eigenvalue weighted by molar-refractivity contribution is 5.98. The van der Waals surface area contributed by atoms with Crippen molar-refractivity contribution in [2.24, 2.45) is 5.73 Å². The molecule has 0 spiro atoms. The summed E-state index contributed by atoms with van der Waals surface area (Å²) < 4.78 is 0. The molecule has 2 aromatic carbocycles. The van der Waals surface area contributed by atoms with E-state index in [0.717, 1.165) is 28.5 Å². The number of aromatic nitrogens is 1. The lowest BCUT2D eigenvalue weighted by atomic mass is 10.00. The zero-order chi connectivity index (χ0) is 28.4. The molecule has 0 aliphatic heterocycles. The molecule has 7 N–H and O–H groups in total. The summed E-state index contributed by atoms with van der Waals surface area (Å²) in [7, 11) is 0. The van der Waals surface area contributed by atoms with Crippen LogP contribution in [0.5, 0.6) is 0 Å². The van der Waals surface area contributed by atoms with Crippen LogP contribution in [0, 0.1) is 0 Å². The van der Waals surface area contributed by atoms with Gasteiger partial charge in [-0.15, -0.1) is 0 Å². The van der Waals surface area contributed by atoms with Gasteiger partial charge in [-0.05, 0) is 30.5 Å². The van der Waals surface area contributed by atoms with Gasteiger partial charge in [0.25, 0.3) is 5.91 Å². The maximum atomic E-state index is 13.5. The first-order valence-corrected chi connectivity index (χ1v) is 13.2. The van der Waals surface area contributed by atoms with Gasteiger partial charge in [0.2, 0.25) is 17.7 Å². The number of carbonyl (C=O) groups is 4. The number of aliphatic hydroxyl groups is 1. The van der Waals surface area contributed by atoms with Gasteiger partial charge in [0.15, 0.2) is 6.10 Å². The van der Waals surface area contributed by atoms with E-state index in [1.54, 1.807) is 6.20 Å². The lowest BCUT2D eigenvalue weighted by Gasteiger charge is -2.27. The first-order chi connectivity index (χ1) is 18.7. The number of H-pyrrole nitrogens is 1. The molecule has 0 aliphatic carbocycles. The molecule has 4 amide bonds. The normalized spacial score (nSPS) is 14.1. The fourth-order valence-electron chi connectivity index (χ4n) is 4.46. The summed E-state index contributed by atoms with van der Waals surface area (Å²) in [4.78, 5) is 53.2. The van der Waals surface area contributed by atoms with Gasteiger partial charge in [0.05, 0.1) is 12.1 Å². The van der Waals surface area contributed by atoms with Crippen molar-refractivity contribution < 1.29 is 24.3 Å². The largest absolute Gasteiger partial charge is 0.381 e. The number of benzene rings is 2. The molecule has 0 saturated heterocycles. The molecule has 10 heteroatoms. The van der Waals surface area contributed by atoms with Crippen molar-refractivity contribution in [3.63, 3.8) is 0 Å². The Morgan fingerprint density at radius 2 is 1.64 bits per heavy atom. The maximum absolute atomic E-state index is 13.5. The van der Waals surface area contributed by atoms with Crippen LogP contribution in [0.25, 0.3) is 10.9 Å². The van der Waals surface area contributed by atoms with E-state index in [4.69, 9.17) is 5.73 Å². The molecule has 4 atom stereocenters. The number of hydrogen-bond donors (Lipinski definition) is 6. The number of amides is 4. The molecule has 1 heterocycles. The number of carbonyl (C=O) groups excluding carboxylic acids is 4. The Labute approximate surface area is 227 Å². The quantitative estimate of drug-likeness (QED) is 0.173. The molecule has 0 fully saturated rings.